The molecule has 0 aliphatic carbocycles. The zero-order valence-corrected chi connectivity index (χ0v) is 17.0. The quantitative estimate of drug-likeness (QED) is 0.721. The number of rotatable bonds is 6. The summed E-state index contributed by atoms with van der Waals surface area (Å²) in [5, 5.41) is 4.58. The van der Waals surface area contributed by atoms with Crippen molar-refractivity contribution in [2.75, 3.05) is 51.9 Å². The van der Waals surface area contributed by atoms with Gasteiger partial charge in [-0.3, -0.25) is 14.6 Å². The van der Waals surface area contributed by atoms with Crippen LogP contribution < -0.4 is 14.8 Å². The Balaban J connectivity index is 1.24. The predicted octanol–water partition coefficient (Wildman–Crippen LogP) is 2.02. The number of carbonyl (C=O) groups excluding carboxylic acids is 2. The summed E-state index contributed by atoms with van der Waals surface area (Å²) in [6, 6.07) is 7.76. The number of carbonyl (C=O) groups is 2. The van der Waals surface area contributed by atoms with Crippen LogP contribution in [0.1, 0.15) is 15.2 Å². The van der Waals surface area contributed by atoms with Crippen LogP contribution >= 0.6 is 11.3 Å². The largest absolute Gasteiger partial charge is 0.465 e. The lowest BCUT2D eigenvalue weighted by Crippen LogP contribution is -2.48. The van der Waals surface area contributed by atoms with Gasteiger partial charge in [0.25, 0.3) is 0 Å². The molecule has 1 aromatic heterocycles. The molecule has 1 aromatic carbocycles. The highest BCUT2D eigenvalue weighted by molar-refractivity contribution is 7.12. The first-order chi connectivity index (χ1) is 14.1. The lowest BCUT2D eigenvalue weighted by Gasteiger charge is -2.34. The minimum Gasteiger partial charge on any atom is -0.465 e. The van der Waals surface area contributed by atoms with Gasteiger partial charge < -0.3 is 19.5 Å². The van der Waals surface area contributed by atoms with Crippen LogP contribution in [0.25, 0.3) is 0 Å². The van der Waals surface area contributed by atoms with Gasteiger partial charge in [-0.2, -0.15) is 0 Å². The van der Waals surface area contributed by atoms with Crippen molar-refractivity contribution < 1.29 is 23.8 Å². The van der Waals surface area contributed by atoms with Gasteiger partial charge in [-0.1, -0.05) is 6.07 Å². The van der Waals surface area contributed by atoms with Crippen LogP contribution in [0.3, 0.4) is 0 Å². The third-order valence-corrected chi connectivity index (χ3v) is 5.88. The molecule has 29 heavy (non-hydrogen) atoms. The van der Waals surface area contributed by atoms with E-state index in [1.165, 1.54) is 24.0 Å². The molecule has 0 saturated carbocycles. The van der Waals surface area contributed by atoms with Crippen LogP contribution in [0.5, 0.6) is 11.5 Å². The van der Waals surface area contributed by atoms with E-state index in [2.05, 4.69) is 21.2 Å². The molecule has 1 N–H and O–H groups in total. The lowest BCUT2D eigenvalue weighted by molar-refractivity contribution is -0.117. The summed E-state index contributed by atoms with van der Waals surface area (Å²) in [6.45, 7) is 4.81. The molecule has 4 rings (SSSR count). The van der Waals surface area contributed by atoms with Gasteiger partial charge in [0.05, 0.1) is 19.3 Å². The maximum Gasteiger partial charge on any atom is 0.350 e. The van der Waals surface area contributed by atoms with Crippen molar-refractivity contribution in [1.82, 2.24) is 9.80 Å². The van der Waals surface area contributed by atoms with Crippen molar-refractivity contribution in [3.63, 3.8) is 0 Å². The van der Waals surface area contributed by atoms with Crippen molar-refractivity contribution in [1.29, 1.82) is 0 Å². The van der Waals surface area contributed by atoms with E-state index in [1.54, 1.807) is 11.4 Å². The fraction of sp³-hybridized carbons (Fsp3) is 0.400. The van der Waals surface area contributed by atoms with Crippen LogP contribution in [0, 0.1) is 0 Å². The number of piperazine rings is 1. The van der Waals surface area contributed by atoms with E-state index in [1.807, 2.05) is 12.1 Å². The molecular formula is C20H23N3O5S. The molecule has 1 amide bonds. The average Bonchev–Trinajstić information content (AvgIpc) is 3.37. The molecule has 2 aliphatic heterocycles. The van der Waals surface area contributed by atoms with E-state index >= 15 is 0 Å². The smallest absolute Gasteiger partial charge is 0.350 e. The molecule has 9 heteroatoms. The standard InChI is InChI=1S/C20H23N3O5S/c1-26-20(25)19-15(4-9-29-19)21-18(24)12-23-7-5-22(6-8-23)11-14-2-3-16-17(10-14)28-13-27-16/h2-4,9-10H,5-8,11-13H2,1H3,(H,21,24). The van der Waals surface area contributed by atoms with E-state index in [4.69, 9.17) is 14.2 Å². The number of nitrogens with one attached hydrogen (secondary N) is 1. The molecule has 0 radical (unpaired) electrons. The van der Waals surface area contributed by atoms with Gasteiger partial charge in [-0.25, -0.2) is 4.79 Å². The van der Waals surface area contributed by atoms with Crippen molar-refractivity contribution in [2.24, 2.45) is 0 Å². The molecule has 8 nitrogen and oxygen atoms in total. The fourth-order valence-corrected chi connectivity index (χ4v) is 4.22. The molecule has 0 unspecified atom stereocenters. The molecule has 1 saturated heterocycles. The minimum atomic E-state index is -0.438. The topological polar surface area (TPSA) is 80.3 Å². The molecule has 154 valence electrons. The van der Waals surface area contributed by atoms with Crippen LogP contribution in [0.4, 0.5) is 5.69 Å². The molecule has 2 aliphatic rings. The fourth-order valence-electron chi connectivity index (χ4n) is 3.45. The number of thiophene rings is 1. The molecule has 0 spiro atoms. The summed E-state index contributed by atoms with van der Waals surface area (Å²) in [4.78, 5) is 29.0. The van der Waals surface area contributed by atoms with Gasteiger partial charge in [-0.15, -0.1) is 11.3 Å². The number of nitrogens with zero attached hydrogens (tertiary/aromatic N) is 2. The third-order valence-electron chi connectivity index (χ3n) is 4.99. The van der Waals surface area contributed by atoms with Crippen LogP contribution in [0.2, 0.25) is 0 Å². The Morgan fingerprint density at radius 3 is 2.66 bits per heavy atom. The SMILES string of the molecule is COC(=O)c1sccc1NC(=O)CN1CCN(Cc2ccc3c(c2)OCO3)CC1. The van der Waals surface area contributed by atoms with E-state index in [0.717, 1.165) is 44.2 Å². The number of amides is 1. The highest BCUT2D eigenvalue weighted by atomic mass is 32.1. The highest BCUT2D eigenvalue weighted by Gasteiger charge is 2.22. The Kier molecular flexibility index (Phi) is 5.98. The molecule has 3 heterocycles. The maximum atomic E-state index is 12.4. The monoisotopic (exact) mass is 417 g/mol. The number of methoxy groups -OCH3 is 1. The van der Waals surface area contributed by atoms with Crippen molar-refractivity contribution in [3.05, 3.63) is 40.1 Å². The second-order valence-electron chi connectivity index (χ2n) is 6.94. The Morgan fingerprint density at radius 1 is 1.10 bits per heavy atom. The van der Waals surface area contributed by atoms with Crippen LogP contribution in [-0.4, -0.2) is 68.3 Å². The number of anilines is 1. The normalized spacial score (nSPS) is 16.6. The van der Waals surface area contributed by atoms with Gasteiger partial charge >= 0.3 is 5.97 Å². The van der Waals surface area contributed by atoms with Crippen molar-refractivity contribution in [2.45, 2.75) is 6.54 Å². The molecule has 0 bridgehead atoms. The van der Waals surface area contributed by atoms with Gasteiger partial charge in [0, 0.05) is 32.7 Å². The Morgan fingerprint density at radius 2 is 1.86 bits per heavy atom. The summed E-state index contributed by atoms with van der Waals surface area (Å²) in [6.07, 6.45) is 0. The summed E-state index contributed by atoms with van der Waals surface area (Å²) < 4.78 is 15.5. The maximum absolute atomic E-state index is 12.4. The number of ether oxygens (including phenoxy) is 3. The van der Waals surface area contributed by atoms with Gasteiger partial charge in [-0.05, 0) is 29.1 Å². The Labute approximate surface area is 172 Å². The summed E-state index contributed by atoms with van der Waals surface area (Å²) >= 11 is 1.25. The Bertz CT molecular complexity index is 892. The first kappa shape index (κ1) is 19.7. The summed E-state index contributed by atoms with van der Waals surface area (Å²) in [5.74, 6) is 1.04. The van der Waals surface area contributed by atoms with Gasteiger partial charge in [0.15, 0.2) is 11.5 Å². The molecule has 0 atom stereocenters. The number of benzene rings is 1. The number of hydrogen-bond donors (Lipinski definition) is 1. The van der Waals surface area contributed by atoms with Gasteiger partial charge in [0.2, 0.25) is 12.7 Å². The highest BCUT2D eigenvalue weighted by Crippen LogP contribution is 2.32. The number of fused-ring (bicyclic) bond motifs is 1. The predicted molar refractivity (Wildman–Crippen MR) is 109 cm³/mol. The van der Waals surface area contributed by atoms with E-state index in [9.17, 15) is 9.59 Å². The van der Waals surface area contributed by atoms with Crippen LogP contribution in [0.15, 0.2) is 29.6 Å². The average molecular weight is 417 g/mol. The summed E-state index contributed by atoms with van der Waals surface area (Å²) in [7, 11) is 1.33. The second kappa shape index (κ2) is 8.81. The second-order valence-corrected chi connectivity index (χ2v) is 7.86. The van der Waals surface area contributed by atoms with Gasteiger partial charge in [0.1, 0.15) is 4.88 Å². The summed E-state index contributed by atoms with van der Waals surface area (Å²) in [5.41, 5.74) is 1.70. The zero-order valence-electron chi connectivity index (χ0n) is 16.2. The first-order valence-electron chi connectivity index (χ1n) is 9.41. The van der Waals surface area contributed by atoms with Crippen molar-refractivity contribution in [3.8, 4) is 11.5 Å². The van der Waals surface area contributed by atoms with E-state index in [0.29, 0.717) is 17.1 Å². The van der Waals surface area contributed by atoms with Crippen LogP contribution in [-0.2, 0) is 16.1 Å². The van der Waals surface area contributed by atoms with Crippen molar-refractivity contribution >= 4 is 28.9 Å². The first-order valence-corrected chi connectivity index (χ1v) is 10.3. The Hall–Kier alpha value is -2.62. The molecular weight excluding hydrogens is 394 g/mol. The number of esters is 1. The number of hydrogen-bond acceptors (Lipinski definition) is 8. The lowest BCUT2D eigenvalue weighted by atomic mass is 10.1. The van der Waals surface area contributed by atoms with E-state index in [-0.39, 0.29) is 12.7 Å². The molecule has 2 aromatic rings. The zero-order chi connectivity index (χ0) is 20.2. The third kappa shape index (κ3) is 4.69. The van der Waals surface area contributed by atoms with E-state index < -0.39 is 5.97 Å². The molecule has 1 fully saturated rings. The minimum absolute atomic E-state index is 0.127.